The molecule has 3 N–H and O–H groups in total. The third-order valence-electron chi connectivity index (χ3n) is 2.75. The molecule has 1 fully saturated rings. The molecule has 3 atom stereocenters. The van der Waals surface area contributed by atoms with Crippen molar-refractivity contribution in [2.75, 3.05) is 13.2 Å². The van der Waals surface area contributed by atoms with E-state index < -0.39 is 12.2 Å². The van der Waals surface area contributed by atoms with Gasteiger partial charge in [0.2, 0.25) is 0 Å². The van der Waals surface area contributed by atoms with E-state index in [1.54, 1.807) is 0 Å². The minimum Gasteiger partial charge on any atom is -0.395 e. The number of rotatable bonds is 2. The number of aliphatic hydroxyl groups is 3. The van der Waals surface area contributed by atoms with E-state index in [0.717, 1.165) is 6.54 Å². The lowest BCUT2D eigenvalue weighted by atomic mass is 9.95. The first-order chi connectivity index (χ1) is 6.07. The van der Waals surface area contributed by atoms with E-state index in [1.165, 1.54) is 0 Å². The zero-order chi connectivity index (χ0) is 10.0. The van der Waals surface area contributed by atoms with Crippen LogP contribution in [0.4, 0.5) is 0 Å². The summed E-state index contributed by atoms with van der Waals surface area (Å²) in [6.07, 6.45) is -0.927. The molecule has 1 saturated heterocycles. The fraction of sp³-hybridized carbons (Fsp3) is 1.00. The molecule has 0 bridgehead atoms. The maximum atomic E-state index is 9.61. The highest BCUT2D eigenvalue weighted by molar-refractivity contribution is 4.90. The molecule has 0 aromatic rings. The van der Waals surface area contributed by atoms with E-state index in [9.17, 15) is 10.2 Å². The van der Waals surface area contributed by atoms with Gasteiger partial charge in [-0.25, -0.2) is 0 Å². The predicted octanol–water partition coefficient (Wildman–Crippen LogP) is -0.817. The van der Waals surface area contributed by atoms with Crippen molar-refractivity contribution in [1.82, 2.24) is 4.90 Å². The van der Waals surface area contributed by atoms with Gasteiger partial charge in [-0.2, -0.15) is 0 Å². The van der Waals surface area contributed by atoms with Gasteiger partial charge >= 0.3 is 0 Å². The monoisotopic (exact) mass is 189 g/mol. The minimum absolute atomic E-state index is 0.101. The van der Waals surface area contributed by atoms with Crippen LogP contribution in [0.15, 0.2) is 0 Å². The van der Waals surface area contributed by atoms with Crippen molar-refractivity contribution in [3.63, 3.8) is 0 Å². The minimum atomic E-state index is -0.818. The number of aliphatic hydroxyl groups excluding tert-OH is 3. The Hall–Kier alpha value is -0.160. The van der Waals surface area contributed by atoms with Gasteiger partial charge in [-0.05, 0) is 20.3 Å². The zero-order valence-electron chi connectivity index (χ0n) is 8.22. The summed E-state index contributed by atoms with van der Waals surface area (Å²) in [6, 6.07) is -0.0250. The van der Waals surface area contributed by atoms with E-state index in [4.69, 9.17) is 5.11 Å². The van der Waals surface area contributed by atoms with Gasteiger partial charge in [0.25, 0.3) is 0 Å². The Bertz CT molecular complexity index is 163. The third kappa shape index (κ3) is 2.20. The molecule has 0 saturated carbocycles. The quantitative estimate of drug-likeness (QED) is 0.531. The van der Waals surface area contributed by atoms with Crippen LogP contribution in [0.1, 0.15) is 20.3 Å². The lowest BCUT2D eigenvalue weighted by molar-refractivity contribution is -0.0979. The molecule has 1 heterocycles. The van der Waals surface area contributed by atoms with Gasteiger partial charge in [0.15, 0.2) is 0 Å². The average molecular weight is 189 g/mol. The summed E-state index contributed by atoms with van der Waals surface area (Å²) in [5, 5.41) is 28.1. The Balaban J connectivity index is 2.66. The summed E-state index contributed by atoms with van der Waals surface area (Å²) in [6.45, 7) is 4.68. The molecule has 0 aromatic heterocycles. The first-order valence-electron chi connectivity index (χ1n) is 4.80. The molecule has 0 radical (unpaired) electrons. The smallest absolute Gasteiger partial charge is 0.0976 e. The van der Waals surface area contributed by atoms with E-state index in [0.29, 0.717) is 12.5 Å². The first kappa shape index (κ1) is 10.9. The van der Waals surface area contributed by atoms with Crippen molar-refractivity contribution in [2.45, 2.75) is 44.6 Å². The molecule has 4 heteroatoms. The molecular formula is C9H19NO3. The third-order valence-corrected chi connectivity index (χ3v) is 2.75. The van der Waals surface area contributed by atoms with E-state index in [1.807, 2.05) is 18.7 Å². The lowest BCUT2D eigenvalue weighted by Gasteiger charge is -2.42. The van der Waals surface area contributed by atoms with Crippen molar-refractivity contribution in [3.05, 3.63) is 0 Å². The molecular weight excluding hydrogens is 170 g/mol. The Morgan fingerprint density at radius 2 is 2.00 bits per heavy atom. The average Bonchev–Trinajstić information content (AvgIpc) is 2.09. The largest absolute Gasteiger partial charge is 0.395 e. The Labute approximate surface area is 78.8 Å². The predicted molar refractivity (Wildman–Crippen MR) is 49.3 cm³/mol. The van der Waals surface area contributed by atoms with Crippen LogP contribution >= 0.6 is 0 Å². The molecule has 1 aliphatic rings. The SMILES string of the molecule is CC(C)N1CCC(O)C(O)C1CO. The van der Waals surface area contributed by atoms with Crippen LogP contribution < -0.4 is 0 Å². The molecule has 1 rings (SSSR count). The van der Waals surface area contributed by atoms with Crippen molar-refractivity contribution >= 4 is 0 Å². The fourth-order valence-electron chi connectivity index (χ4n) is 1.92. The summed E-state index contributed by atoms with van der Waals surface area (Å²) in [5.74, 6) is 0. The van der Waals surface area contributed by atoms with Crippen LogP contribution in [0.25, 0.3) is 0 Å². The van der Waals surface area contributed by atoms with Gasteiger partial charge in [0.1, 0.15) is 0 Å². The van der Waals surface area contributed by atoms with Crippen LogP contribution in [-0.2, 0) is 0 Å². The molecule has 0 aliphatic carbocycles. The second-order valence-electron chi connectivity index (χ2n) is 3.93. The van der Waals surface area contributed by atoms with Crippen molar-refractivity contribution in [3.8, 4) is 0 Å². The molecule has 0 amide bonds. The second-order valence-corrected chi connectivity index (χ2v) is 3.93. The van der Waals surface area contributed by atoms with Crippen molar-refractivity contribution in [2.24, 2.45) is 0 Å². The topological polar surface area (TPSA) is 63.9 Å². The maximum absolute atomic E-state index is 9.61. The van der Waals surface area contributed by atoms with Crippen LogP contribution in [0.2, 0.25) is 0 Å². The van der Waals surface area contributed by atoms with Crippen molar-refractivity contribution < 1.29 is 15.3 Å². The van der Waals surface area contributed by atoms with E-state index in [2.05, 4.69) is 0 Å². The maximum Gasteiger partial charge on any atom is 0.0976 e. The van der Waals surface area contributed by atoms with Gasteiger partial charge in [-0.15, -0.1) is 0 Å². The van der Waals surface area contributed by atoms with Crippen LogP contribution in [-0.4, -0.2) is 57.7 Å². The summed E-state index contributed by atoms with van der Waals surface area (Å²) in [5.41, 5.74) is 0. The second kappa shape index (κ2) is 4.37. The van der Waals surface area contributed by atoms with Crippen LogP contribution in [0.5, 0.6) is 0 Å². The number of piperidine rings is 1. The molecule has 3 unspecified atom stereocenters. The summed E-state index contributed by atoms with van der Waals surface area (Å²) in [7, 11) is 0. The number of nitrogens with zero attached hydrogens (tertiary/aromatic N) is 1. The molecule has 1 aliphatic heterocycles. The highest BCUT2D eigenvalue weighted by Gasteiger charge is 2.36. The van der Waals surface area contributed by atoms with Crippen LogP contribution in [0, 0.1) is 0 Å². The standard InChI is InChI=1S/C9H19NO3/c1-6(2)10-4-3-8(12)9(13)7(10)5-11/h6-9,11-13H,3-5H2,1-2H3. The summed E-state index contributed by atoms with van der Waals surface area (Å²) < 4.78 is 0. The Morgan fingerprint density at radius 3 is 2.46 bits per heavy atom. The lowest BCUT2D eigenvalue weighted by Crippen LogP contribution is -2.58. The normalized spacial score (nSPS) is 36.9. The zero-order valence-corrected chi connectivity index (χ0v) is 8.22. The highest BCUT2D eigenvalue weighted by Crippen LogP contribution is 2.20. The number of hydrogen-bond donors (Lipinski definition) is 3. The Morgan fingerprint density at radius 1 is 1.38 bits per heavy atom. The van der Waals surface area contributed by atoms with Crippen LogP contribution in [0.3, 0.4) is 0 Å². The van der Waals surface area contributed by atoms with Gasteiger partial charge in [0, 0.05) is 12.6 Å². The Kier molecular flexibility index (Phi) is 3.67. The summed E-state index contributed by atoms with van der Waals surface area (Å²) in [4.78, 5) is 2.03. The molecule has 0 spiro atoms. The fourth-order valence-corrected chi connectivity index (χ4v) is 1.92. The molecule has 0 aromatic carbocycles. The first-order valence-corrected chi connectivity index (χ1v) is 4.80. The number of likely N-dealkylation sites (tertiary alicyclic amines) is 1. The highest BCUT2D eigenvalue weighted by atomic mass is 16.3. The molecule has 13 heavy (non-hydrogen) atoms. The van der Waals surface area contributed by atoms with Gasteiger partial charge < -0.3 is 15.3 Å². The molecule has 4 nitrogen and oxygen atoms in total. The number of hydrogen-bond acceptors (Lipinski definition) is 4. The summed E-state index contributed by atoms with van der Waals surface area (Å²) >= 11 is 0. The molecule has 78 valence electrons. The van der Waals surface area contributed by atoms with Gasteiger partial charge in [-0.1, -0.05) is 0 Å². The van der Waals surface area contributed by atoms with Crippen molar-refractivity contribution in [1.29, 1.82) is 0 Å². The van der Waals surface area contributed by atoms with E-state index >= 15 is 0 Å². The van der Waals surface area contributed by atoms with E-state index in [-0.39, 0.29) is 12.6 Å². The van der Waals surface area contributed by atoms with Gasteiger partial charge in [-0.3, -0.25) is 4.90 Å². The van der Waals surface area contributed by atoms with Gasteiger partial charge in [0.05, 0.1) is 24.9 Å².